The lowest BCUT2D eigenvalue weighted by Gasteiger charge is -2.47. The van der Waals surface area contributed by atoms with Crippen molar-refractivity contribution in [2.75, 3.05) is 11.5 Å². The van der Waals surface area contributed by atoms with Crippen LogP contribution in [0.5, 0.6) is 0 Å². The van der Waals surface area contributed by atoms with E-state index in [0.29, 0.717) is 12.3 Å². The molecule has 1 fully saturated rings. The lowest BCUT2D eigenvalue weighted by molar-refractivity contribution is -0.689. The molecular weight excluding hydrogens is 506 g/mol. The first kappa shape index (κ1) is 23.9. The molecule has 2 aliphatic heterocycles. The second-order valence-corrected chi connectivity index (χ2v) is 10.2. The van der Waals surface area contributed by atoms with Crippen LogP contribution in [0.1, 0.15) is 29.0 Å². The summed E-state index contributed by atoms with van der Waals surface area (Å²) in [4.78, 5) is 48.0. The molecule has 0 radical (unpaired) electrons. The van der Waals surface area contributed by atoms with Gasteiger partial charge in [-0.3, -0.25) is 9.59 Å². The van der Waals surface area contributed by atoms with E-state index in [1.54, 1.807) is 23.5 Å². The molecule has 1 aliphatic carbocycles. The molecule has 0 aromatic carbocycles. The van der Waals surface area contributed by atoms with Crippen molar-refractivity contribution < 1.29 is 28.9 Å². The fraction of sp³-hybridized carbons (Fsp3) is 0.318. The Hall–Kier alpha value is -3.78. The van der Waals surface area contributed by atoms with Crippen molar-refractivity contribution in [3.05, 3.63) is 59.8 Å². The normalized spacial score (nSPS) is 23.1. The molecule has 3 atom stereocenters. The number of oxime groups is 1. The standard InChI is InChI=1S/C22H21N7O5S2/c23-22-25-17(27-36-22)15(26-34-14-3-1-2-4-14)18(30)24-16-19(31)29-10-12(11-35-20(16)29)9-28-7-5-13(6-8-28)21(32)33/h1,3,5-8,10,14,16,20H,2,4,9,11H2,(H3-,23,24,25,27,30,32,33)/p+1/b26-15-/t14?,16?,20-/m1/s1. The molecular formula is C22H22N7O5S2+. The number of rotatable bonds is 8. The van der Waals surface area contributed by atoms with Crippen LogP contribution in [0.4, 0.5) is 5.13 Å². The zero-order valence-corrected chi connectivity index (χ0v) is 20.4. The Bertz CT molecular complexity index is 1290. The van der Waals surface area contributed by atoms with Crippen LogP contribution in [-0.4, -0.2) is 66.1 Å². The molecule has 0 spiro atoms. The van der Waals surface area contributed by atoms with Gasteiger partial charge in [0.25, 0.3) is 11.8 Å². The number of carbonyl (C=O) groups excluding carboxylic acids is 2. The number of carboxylic acids is 1. The fourth-order valence-electron chi connectivity index (χ4n) is 3.92. The third-order valence-corrected chi connectivity index (χ3v) is 7.69. The molecule has 2 aromatic heterocycles. The van der Waals surface area contributed by atoms with Crippen molar-refractivity contribution in [2.45, 2.75) is 36.9 Å². The van der Waals surface area contributed by atoms with Crippen molar-refractivity contribution in [1.82, 2.24) is 19.6 Å². The second-order valence-electron chi connectivity index (χ2n) is 8.30. The van der Waals surface area contributed by atoms with Crippen molar-refractivity contribution in [2.24, 2.45) is 5.16 Å². The Labute approximate surface area is 213 Å². The van der Waals surface area contributed by atoms with Gasteiger partial charge in [-0.05, 0) is 18.9 Å². The van der Waals surface area contributed by atoms with E-state index >= 15 is 0 Å². The number of aromatic nitrogens is 3. The first-order valence-electron chi connectivity index (χ1n) is 11.1. The number of β-lactam (4-membered cyclic amide) rings is 1. The van der Waals surface area contributed by atoms with Gasteiger partial charge in [0.1, 0.15) is 17.5 Å². The highest BCUT2D eigenvalue weighted by atomic mass is 32.2. The predicted molar refractivity (Wildman–Crippen MR) is 131 cm³/mol. The highest BCUT2D eigenvalue weighted by Crippen LogP contribution is 2.36. The number of thioether (sulfide) groups is 1. The summed E-state index contributed by atoms with van der Waals surface area (Å²) in [6.07, 6.45) is 10.4. The van der Waals surface area contributed by atoms with Gasteiger partial charge >= 0.3 is 5.97 Å². The molecule has 14 heteroatoms. The molecule has 4 heterocycles. The smallest absolute Gasteiger partial charge is 0.336 e. The van der Waals surface area contributed by atoms with Crippen LogP contribution in [-0.2, 0) is 21.0 Å². The third-order valence-electron chi connectivity index (χ3n) is 5.77. The van der Waals surface area contributed by atoms with Gasteiger partial charge < -0.3 is 25.9 Å². The Balaban J connectivity index is 1.24. The summed E-state index contributed by atoms with van der Waals surface area (Å²) in [6, 6.07) is 2.33. The summed E-state index contributed by atoms with van der Waals surface area (Å²) in [7, 11) is 0. The number of nitrogens with one attached hydrogen (secondary N) is 1. The quantitative estimate of drug-likeness (QED) is 0.146. The maximum Gasteiger partial charge on any atom is 0.336 e. The molecule has 2 amide bonds. The van der Waals surface area contributed by atoms with Crippen molar-refractivity contribution >= 4 is 51.9 Å². The molecule has 0 saturated carbocycles. The van der Waals surface area contributed by atoms with Gasteiger partial charge in [-0.1, -0.05) is 11.2 Å². The molecule has 186 valence electrons. The molecule has 5 rings (SSSR count). The molecule has 2 unspecified atom stereocenters. The summed E-state index contributed by atoms with van der Waals surface area (Å²) in [5, 5.41) is 15.7. The molecule has 3 aliphatic rings. The average Bonchev–Trinajstić information content (AvgIpc) is 3.55. The molecule has 0 bridgehead atoms. The number of amides is 2. The third kappa shape index (κ3) is 4.95. The summed E-state index contributed by atoms with van der Waals surface area (Å²) < 4.78 is 5.91. The van der Waals surface area contributed by atoms with Crippen LogP contribution in [0.15, 0.2) is 53.6 Å². The summed E-state index contributed by atoms with van der Waals surface area (Å²) >= 11 is 2.47. The number of nitrogens with two attached hydrogens (primary N) is 1. The maximum atomic E-state index is 13.1. The van der Waals surface area contributed by atoms with E-state index in [4.69, 9.17) is 15.7 Å². The number of carbonyl (C=O) groups is 3. The number of pyridine rings is 1. The predicted octanol–water partition coefficient (Wildman–Crippen LogP) is 0.529. The molecule has 2 aromatic rings. The largest absolute Gasteiger partial charge is 0.478 e. The Kier molecular flexibility index (Phi) is 6.69. The minimum absolute atomic E-state index is 0.0463. The number of nitrogen functional groups attached to an aromatic ring is 1. The zero-order valence-electron chi connectivity index (χ0n) is 18.8. The lowest BCUT2D eigenvalue weighted by Crippen LogP contribution is -2.69. The van der Waals surface area contributed by atoms with Crippen molar-refractivity contribution in [3.8, 4) is 0 Å². The van der Waals surface area contributed by atoms with E-state index < -0.39 is 17.9 Å². The number of allylic oxidation sites excluding steroid dienone is 1. The molecule has 12 nitrogen and oxygen atoms in total. The van der Waals surface area contributed by atoms with Crippen LogP contribution < -0.4 is 15.6 Å². The van der Waals surface area contributed by atoms with Crippen molar-refractivity contribution in [1.29, 1.82) is 0 Å². The maximum absolute atomic E-state index is 13.1. The van der Waals surface area contributed by atoms with Gasteiger partial charge in [-0.25, -0.2) is 9.36 Å². The number of fused-ring (bicyclic) bond motifs is 1. The van der Waals surface area contributed by atoms with E-state index in [1.165, 1.54) is 23.9 Å². The Morgan fingerprint density at radius 3 is 2.83 bits per heavy atom. The van der Waals surface area contributed by atoms with Crippen LogP contribution in [0, 0.1) is 0 Å². The SMILES string of the molecule is Nc1nc(/C(=N/OC2C=CCC2)C(=O)NC2C(=O)N3C=C(C[n+]4ccc(C(=O)O)cc4)CS[C@H]23)ns1. The van der Waals surface area contributed by atoms with Crippen LogP contribution in [0.25, 0.3) is 0 Å². The van der Waals surface area contributed by atoms with Gasteiger partial charge in [-0.15, -0.1) is 11.8 Å². The average molecular weight is 529 g/mol. The van der Waals surface area contributed by atoms with E-state index in [2.05, 4.69) is 19.8 Å². The highest BCUT2D eigenvalue weighted by Gasteiger charge is 2.50. The van der Waals surface area contributed by atoms with Gasteiger partial charge in [0.05, 0.1) is 5.56 Å². The number of carboxylic acid groups (broad SMARTS) is 1. The van der Waals surface area contributed by atoms with Gasteiger partial charge in [-0.2, -0.15) is 9.36 Å². The zero-order chi connectivity index (χ0) is 25.2. The van der Waals surface area contributed by atoms with Gasteiger partial charge in [0, 0.05) is 41.2 Å². The minimum atomic E-state index is -0.985. The Morgan fingerprint density at radius 2 is 2.17 bits per heavy atom. The number of anilines is 1. The number of nitrogens with zero attached hydrogens (tertiary/aromatic N) is 5. The molecule has 1 saturated heterocycles. The first-order valence-corrected chi connectivity index (χ1v) is 12.9. The summed E-state index contributed by atoms with van der Waals surface area (Å²) in [5.41, 5.74) is 6.75. The molecule has 36 heavy (non-hydrogen) atoms. The van der Waals surface area contributed by atoms with Crippen LogP contribution >= 0.6 is 23.3 Å². The van der Waals surface area contributed by atoms with E-state index in [1.807, 2.05) is 16.7 Å². The molecule has 4 N–H and O–H groups in total. The number of hydrogen-bond donors (Lipinski definition) is 3. The second kappa shape index (κ2) is 10.1. The topological polar surface area (TPSA) is 164 Å². The van der Waals surface area contributed by atoms with Crippen LogP contribution in [0.3, 0.4) is 0 Å². The van der Waals surface area contributed by atoms with Gasteiger partial charge in [0.2, 0.25) is 11.5 Å². The van der Waals surface area contributed by atoms with Crippen molar-refractivity contribution in [3.63, 3.8) is 0 Å². The minimum Gasteiger partial charge on any atom is -0.478 e. The van der Waals surface area contributed by atoms with E-state index in [0.717, 1.165) is 29.9 Å². The Morgan fingerprint density at radius 1 is 1.36 bits per heavy atom. The lowest BCUT2D eigenvalue weighted by atomic mass is 10.1. The fourth-order valence-corrected chi connectivity index (χ4v) is 5.61. The van der Waals surface area contributed by atoms with Gasteiger partial charge in [0.15, 0.2) is 24.1 Å². The summed E-state index contributed by atoms with van der Waals surface area (Å²) in [5.74, 6) is -1.14. The van der Waals surface area contributed by atoms with E-state index in [-0.39, 0.29) is 39.6 Å². The van der Waals surface area contributed by atoms with Crippen LogP contribution in [0.2, 0.25) is 0 Å². The summed E-state index contributed by atoms with van der Waals surface area (Å²) in [6.45, 7) is 0.515. The highest BCUT2D eigenvalue weighted by molar-refractivity contribution is 8.00. The monoisotopic (exact) mass is 528 g/mol. The first-order chi connectivity index (χ1) is 17.4. The van der Waals surface area contributed by atoms with E-state index in [9.17, 15) is 14.4 Å². The number of aromatic carboxylic acids is 1. The number of hydrogen-bond acceptors (Lipinski definition) is 10.